The Morgan fingerprint density at radius 1 is 1.05 bits per heavy atom. The largest absolute Gasteiger partial charge is 0.306 e. The van der Waals surface area contributed by atoms with Crippen molar-refractivity contribution in [1.29, 1.82) is 0 Å². The van der Waals surface area contributed by atoms with Crippen molar-refractivity contribution in [3.63, 3.8) is 0 Å². The maximum absolute atomic E-state index is 3.69. The Balaban J connectivity index is 1.64. The van der Waals surface area contributed by atoms with Crippen LogP contribution < -0.4 is 5.32 Å². The Bertz CT molecular complexity index is 543. The lowest BCUT2D eigenvalue weighted by atomic mass is 10.0. The van der Waals surface area contributed by atoms with E-state index in [4.69, 9.17) is 0 Å². The first kappa shape index (κ1) is 13.4. The number of benzene rings is 2. The third kappa shape index (κ3) is 3.29. The van der Waals surface area contributed by atoms with Crippen LogP contribution in [-0.4, -0.2) is 0 Å². The molecule has 104 valence electrons. The van der Waals surface area contributed by atoms with E-state index in [9.17, 15) is 0 Å². The predicted octanol–water partition coefficient (Wildman–Crippen LogP) is 4.80. The lowest BCUT2D eigenvalue weighted by Crippen LogP contribution is -2.20. The van der Waals surface area contributed by atoms with Crippen LogP contribution in [0.3, 0.4) is 0 Å². The van der Waals surface area contributed by atoms with Crippen LogP contribution in [0.4, 0.5) is 0 Å². The first-order valence-electron chi connectivity index (χ1n) is 7.74. The second kappa shape index (κ2) is 6.23. The molecule has 1 aliphatic carbocycles. The van der Waals surface area contributed by atoms with Crippen LogP contribution in [0.2, 0.25) is 0 Å². The van der Waals surface area contributed by atoms with Crippen molar-refractivity contribution in [3.05, 3.63) is 71.3 Å². The molecule has 0 bridgehead atoms. The zero-order chi connectivity index (χ0) is 13.8. The highest BCUT2D eigenvalue weighted by molar-refractivity contribution is 5.29. The summed E-state index contributed by atoms with van der Waals surface area (Å²) in [5, 5.41) is 3.69. The van der Waals surface area contributed by atoms with E-state index in [1.807, 2.05) is 0 Å². The van der Waals surface area contributed by atoms with Crippen LogP contribution in [0.25, 0.3) is 0 Å². The van der Waals surface area contributed by atoms with Gasteiger partial charge in [-0.2, -0.15) is 0 Å². The van der Waals surface area contributed by atoms with Crippen molar-refractivity contribution in [2.45, 2.75) is 44.7 Å². The molecule has 1 nitrogen and oxygen atoms in total. The van der Waals surface area contributed by atoms with Gasteiger partial charge in [-0.15, -0.1) is 0 Å². The minimum Gasteiger partial charge on any atom is -0.306 e. The molecule has 1 unspecified atom stereocenters. The van der Waals surface area contributed by atoms with Gasteiger partial charge in [-0.05, 0) is 41.9 Å². The topological polar surface area (TPSA) is 12.0 Å². The molecule has 0 saturated heterocycles. The maximum atomic E-state index is 3.69. The first-order chi connectivity index (χ1) is 9.86. The molecule has 1 N–H and O–H groups in total. The van der Waals surface area contributed by atoms with E-state index in [2.05, 4.69) is 66.8 Å². The molecular weight excluding hydrogens is 242 g/mol. The molecule has 1 saturated carbocycles. The van der Waals surface area contributed by atoms with Crippen molar-refractivity contribution >= 4 is 0 Å². The molecule has 2 aromatic rings. The highest BCUT2D eigenvalue weighted by atomic mass is 14.9. The van der Waals surface area contributed by atoms with Crippen LogP contribution >= 0.6 is 0 Å². The fourth-order valence-electron chi connectivity index (χ4n) is 2.80. The lowest BCUT2D eigenvalue weighted by molar-refractivity contribution is 0.519. The molecule has 0 aromatic heterocycles. The quantitative estimate of drug-likeness (QED) is 0.790. The summed E-state index contributed by atoms with van der Waals surface area (Å²) in [5.41, 5.74) is 4.31. The van der Waals surface area contributed by atoms with E-state index in [1.165, 1.54) is 29.5 Å². The Hall–Kier alpha value is -1.60. The van der Waals surface area contributed by atoms with Gasteiger partial charge in [-0.3, -0.25) is 0 Å². The van der Waals surface area contributed by atoms with Gasteiger partial charge in [0.1, 0.15) is 0 Å². The van der Waals surface area contributed by atoms with Gasteiger partial charge >= 0.3 is 0 Å². The van der Waals surface area contributed by atoms with Gasteiger partial charge in [0.25, 0.3) is 0 Å². The highest BCUT2D eigenvalue weighted by Crippen LogP contribution is 2.40. The van der Waals surface area contributed by atoms with Crippen molar-refractivity contribution in [2.75, 3.05) is 0 Å². The molecule has 1 heteroatoms. The molecule has 0 radical (unpaired) electrons. The molecule has 1 atom stereocenters. The zero-order valence-corrected chi connectivity index (χ0v) is 12.2. The van der Waals surface area contributed by atoms with Gasteiger partial charge in [-0.1, -0.05) is 61.5 Å². The molecule has 2 aromatic carbocycles. The molecule has 0 spiro atoms. The van der Waals surface area contributed by atoms with Gasteiger partial charge in [0.15, 0.2) is 0 Å². The average molecular weight is 265 g/mol. The second-order valence-corrected chi connectivity index (χ2v) is 5.77. The molecule has 0 aliphatic heterocycles. The molecule has 0 amide bonds. The normalized spacial score (nSPS) is 16.1. The minimum atomic E-state index is 0.445. The smallest absolute Gasteiger partial charge is 0.0320 e. The Labute approximate surface area is 122 Å². The van der Waals surface area contributed by atoms with Crippen LogP contribution in [0, 0.1) is 0 Å². The molecular formula is C19H23N. The van der Waals surface area contributed by atoms with Crippen molar-refractivity contribution < 1.29 is 0 Å². The number of hydrogen-bond donors (Lipinski definition) is 1. The van der Waals surface area contributed by atoms with E-state index in [-0.39, 0.29) is 0 Å². The summed E-state index contributed by atoms with van der Waals surface area (Å²) in [4.78, 5) is 0. The standard InChI is InChI=1S/C19H23N/c1-2-19(17-8-4-3-5-9-17)20-14-15-7-6-10-18(13-15)16-11-12-16/h3-10,13,16,19-20H,2,11-12,14H2,1H3. The Kier molecular flexibility index (Phi) is 4.17. The van der Waals surface area contributed by atoms with E-state index in [0.717, 1.165) is 18.9 Å². The van der Waals surface area contributed by atoms with Gasteiger partial charge in [0.05, 0.1) is 0 Å². The van der Waals surface area contributed by atoms with Crippen LogP contribution in [0.1, 0.15) is 54.8 Å². The molecule has 1 fully saturated rings. The highest BCUT2D eigenvalue weighted by Gasteiger charge is 2.23. The third-order valence-corrected chi connectivity index (χ3v) is 4.16. The summed E-state index contributed by atoms with van der Waals surface area (Å²) in [5.74, 6) is 0.839. The van der Waals surface area contributed by atoms with E-state index >= 15 is 0 Å². The number of nitrogens with one attached hydrogen (secondary N) is 1. The summed E-state index contributed by atoms with van der Waals surface area (Å²) in [6.45, 7) is 3.19. The number of hydrogen-bond acceptors (Lipinski definition) is 1. The lowest BCUT2D eigenvalue weighted by Gasteiger charge is -2.17. The van der Waals surface area contributed by atoms with Crippen LogP contribution in [0.5, 0.6) is 0 Å². The van der Waals surface area contributed by atoms with Crippen LogP contribution in [0.15, 0.2) is 54.6 Å². The van der Waals surface area contributed by atoms with E-state index < -0.39 is 0 Å². The maximum Gasteiger partial charge on any atom is 0.0320 e. The van der Waals surface area contributed by atoms with Gasteiger partial charge in [0.2, 0.25) is 0 Å². The summed E-state index contributed by atoms with van der Waals surface area (Å²) < 4.78 is 0. The summed E-state index contributed by atoms with van der Waals surface area (Å²) in [6.07, 6.45) is 3.86. The molecule has 3 rings (SSSR count). The third-order valence-electron chi connectivity index (χ3n) is 4.16. The molecule has 0 heterocycles. The SMILES string of the molecule is CCC(NCc1cccc(C2CC2)c1)c1ccccc1. The second-order valence-electron chi connectivity index (χ2n) is 5.77. The van der Waals surface area contributed by atoms with Gasteiger partial charge < -0.3 is 5.32 Å². The fraction of sp³-hybridized carbons (Fsp3) is 0.368. The Morgan fingerprint density at radius 2 is 1.85 bits per heavy atom. The molecule has 20 heavy (non-hydrogen) atoms. The first-order valence-corrected chi connectivity index (χ1v) is 7.74. The Morgan fingerprint density at radius 3 is 2.55 bits per heavy atom. The fourth-order valence-corrected chi connectivity index (χ4v) is 2.80. The average Bonchev–Trinajstić information content (AvgIpc) is 3.34. The summed E-state index contributed by atoms with van der Waals surface area (Å²) in [6, 6.07) is 20.3. The van der Waals surface area contributed by atoms with Gasteiger partial charge in [0, 0.05) is 12.6 Å². The van der Waals surface area contributed by atoms with Crippen molar-refractivity contribution in [2.24, 2.45) is 0 Å². The number of rotatable bonds is 6. The van der Waals surface area contributed by atoms with Crippen molar-refractivity contribution in [1.82, 2.24) is 5.32 Å². The summed E-state index contributed by atoms with van der Waals surface area (Å²) >= 11 is 0. The minimum absolute atomic E-state index is 0.445. The zero-order valence-electron chi connectivity index (χ0n) is 12.2. The van der Waals surface area contributed by atoms with Gasteiger partial charge in [-0.25, -0.2) is 0 Å². The molecule has 1 aliphatic rings. The van der Waals surface area contributed by atoms with Crippen molar-refractivity contribution in [3.8, 4) is 0 Å². The van der Waals surface area contributed by atoms with Crippen LogP contribution in [-0.2, 0) is 6.54 Å². The van der Waals surface area contributed by atoms with E-state index in [1.54, 1.807) is 0 Å². The van der Waals surface area contributed by atoms with E-state index in [0.29, 0.717) is 6.04 Å². The monoisotopic (exact) mass is 265 g/mol. The predicted molar refractivity (Wildman–Crippen MR) is 84.7 cm³/mol. The summed E-state index contributed by atoms with van der Waals surface area (Å²) in [7, 11) is 0.